The topological polar surface area (TPSA) is 57.9 Å². The molecule has 0 aliphatic carbocycles. The fraction of sp³-hybridized carbons (Fsp3) is 0.364. The van der Waals surface area contributed by atoms with Crippen molar-refractivity contribution < 1.29 is 15.3 Å². The van der Waals surface area contributed by atoms with E-state index >= 15 is 0 Å². The van der Waals surface area contributed by atoms with E-state index in [0.29, 0.717) is 0 Å². The molecule has 0 fully saturated rings. The van der Waals surface area contributed by atoms with Gasteiger partial charge < -0.3 is 9.84 Å². The summed E-state index contributed by atoms with van der Waals surface area (Å²) >= 11 is 6.08. The van der Waals surface area contributed by atoms with Gasteiger partial charge in [0.1, 0.15) is 0 Å². The monoisotopic (exact) mass is 227 g/mol. The van der Waals surface area contributed by atoms with Crippen LogP contribution in [0.3, 0.4) is 0 Å². The second-order valence-corrected chi connectivity index (χ2v) is 3.63. The molecule has 0 aromatic heterocycles. The number of hydrogen-bond donors (Lipinski definition) is 1. The molecule has 0 saturated carbocycles. The molecule has 0 radical (unpaired) electrons. The number of hydrogen-bond acceptors (Lipinski definition) is 2. The van der Waals surface area contributed by atoms with E-state index in [-0.39, 0.29) is 6.42 Å². The SMILES string of the molecule is CCC([O-])(OC=[NH2+])C(Cl)c1ccccc1. The zero-order valence-corrected chi connectivity index (χ0v) is 9.28. The van der Waals surface area contributed by atoms with Crippen LogP contribution in [0.5, 0.6) is 0 Å². The Kier molecular flexibility index (Phi) is 4.12. The molecular weight excluding hydrogens is 214 g/mol. The molecule has 1 aromatic rings. The molecule has 2 atom stereocenters. The quantitative estimate of drug-likeness (QED) is 0.339. The first kappa shape index (κ1) is 12.0. The first-order valence-electron chi connectivity index (χ1n) is 4.74. The van der Waals surface area contributed by atoms with E-state index in [9.17, 15) is 5.11 Å². The highest BCUT2D eigenvalue weighted by Gasteiger charge is 2.27. The van der Waals surface area contributed by atoms with E-state index in [1.54, 1.807) is 19.1 Å². The molecular formula is C11H14ClNO2. The largest absolute Gasteiger partial charge is 0.817 e. The van der Waals surface area contributed by atoms with Gasteiger partial charge in [-0.1, -0.05) is 37.3 Å². The van der Waals surface area contributed by atoms with Crippen LogP contribution in [0, 0.1) is 0 Å². The summed E-state index contributed by atoms with van der Waals surface area (Å²) in [7, 11) is 0. The minimum atomic E-state index is -1.71. The fourth-order valence-corrected chi connectivity index (χ4v) is 1.66. The van der Waals surface area contributed by atoms with Gasteiger partial charge in [0.05, 0.1) is 11.2 Å². The predicted molar refractivity (Wildman–Crippen MR) is 57.1 cm³/mol. The van der Waals surface area contributed by atoms with Crippen molar-refractivity contribution >= 4 is 18.0 Å². The Balaban J connectivity index is 2.91. The Morgan fingerprint density at radius 3 is 2.60 bits per heavy atom. The lowest BCUT2D eigenvalue weighted by Gasteiger charge is -2.40. The summed E-state index contributed by atoms with van der Waals surface area (Å²) in [5, 5.41) is 16.4. The van der Waals surface area contributed by atoms with Gasteiger partial charge in [0.15, 0.2) is 0 Å². The summed E-state index contributed by atoms with van der Waals surface area (Å²) in [6.07, 6.45) is 1.14. The van der Waals surface area contributed by atoms with Crippen LogP contribution in [0.1, 0.15) is 24.3 Å². The number of alkyl halides is 1. The van der Waals surface area contributed by atoms with E-state index in [0.717, 1.165) is 12.0 Å². The second-order valence-electron chi connectivity index (χ2n) is 3.19. The molecule has 3 nitrogen and oxygen atoms in total. The Morgan fingerprint density at radius 2 is 2.13 bits per heavy atom. The van der Waals surface area contributed by atoms with Gasteiger partial charge in [0, 0.05) is 0 Å². The van der Waals surface area contributed by atoms with Gasteiger partial charge in [0.25, 0.3) is 0 Å². The molecule has 0 amide bonds. The van der Waals surface area contributed by atoms with E-state index in [1.807, 2.05) is 18.2 Å². The molecule has 0 aliphatic rings. The molecule has 2 N–H and O–H groups in total. The van der Waals surface area contributed by atoms with Gasteiger partial charge in [0.2, 0.25) is 0 Å². The van der Waals surface area contributed by atoms with Crippen LogP contribution in [0.2, 0.25) is 0 Å². The molecule has 0 saturated heterocycles. The molecule has 0 bridgehead atoms. The van der Waals surface area contributed by atoms with E-state index in [1.165, 1.54) is 0 Å². The van der Waals surface area contributed by atoms with Crippen molar-refractivity contribution in [2.45, 2.75) is 24.5 Å². The van der Waals surface area contributed by atoms with Gasteiger partial charge in [-0.05, 0) is 12.0 Å². The van der Waals surface area contributed by atoms with Crippen molar-refractivity contribution in [3.8, 4) is 0 Å². The summed E-state index contributed by atoms with van der Waals surface area (Å²) in [6, 6.07) is 9.10. The van der Waals surface area contributed by atoms with Gasteiger partial charge >= 0.3 is 6.40 Å². The Bertz CT molecular complexity index is 318. The lowest BCUT2D eigenvalue weighted by atomic mass is 10.0. The van der Waals surface area contributed by atoms with Gasteiger partial charge in [-0.3, -0.25) is 0 Å². The minimum absolute atomic E-state index is 0.240. The average molecular weight is 228 g/mol. The van der Waals surface area contributed by atoms with E-state index in [2.05, 4.69) is 0 Å². The van der Waals surface area contributed by atoms with Crippen molar-refractivity contribution in [1.82, 2.24) is 0 Å². The summed E-state index contributed by atoms with van der Waals surface area (Å²) in [5.74, 6) is -1.71. The van der Waals surface area contributed by atoms with Crippen molar-refractivity contribution in [3.05, 3.63) is 35.9 Å². The third-order valence-electron chi connectivity index (χ3n) is 2.24. The summed E-state index contributed by atoms with van der Waals surface area (Å²) in [6.45, 7) is 1.72. The average Bonchev–Trinajstić information content (AvgIpc) is 2.29. The van der Waals surface area contributed by atoms with Crippen molar-refractivity contribution in [1.29, 1.82) is 0 Å². The zero-order chi connectivity index (χ0) is 11.3. The Morgan fingerprint density at radius 1 is 1.53 bits per heavy atom. The smallest absolute Gasteiger partial charge is 0.319 e. The number of ether oxygens (including phenoxy) is 1. The van der Waals surface area contributed by atoms with Gasteiger partial charge in [-0.15, -0.1) is 11.6 Å². The standard InChI is InChI=1S/C11H13ClNO2/c1-2-11(14,15-8-13)10(12)9-6-4-3-5-7-9/h3-8,10,13H,2H2,1H3/q-1/p+1. The van der Waals surface area contributed by atoms with E-state index < -0.39 is 11.2 Å². The summed E-state index contributed by atoms with van der Waals surface area (Å²) in [5.41, 5.74) is 0.734. The maximum atomic E-state index is 12.1. The maximum absolute atomic E-state index is 12.1. The molecule has 2 unspecified atom stereocenters. The van der Waals surface area contributed by atoms with Gasteiger partial charge in [-0.2, -0.15) is 0 Å². The molecule has 15 heavy (non-hydrogen) atoms. The number of rotatable bonds is 5. The highest BCUT2D eigenvalue weighted by molar-refractivity contribution is 6.21. The fourth-order valence-electron chi connectivity index (χ4n) is 1.31. The van der Waals surface area contributed by atoms with Crippen LogP contribution in [0.15, 0.2) is 30.3 Å². The molecule has 0 heterocycles. The van der Waals surface area contributed by atoms with Crippen LogP contribution in [0.4, 0.5) is 0 Å². The third-order valence-corrected chi connectivity index (χ3v) is 2.82. The van der Waals surface area contributed by atoms with Crippen LogP contribution in [-0.4, -0.2) is 12.2 Å². The Hall–Kier alpha value is -1.06. The minimum Gasteiger partial charge on any atom is -0.817 e. The van der Waals surface area contributed by atoms with Crippen LogP contribution >= 0.6 is 11.6 Å². The number of nitrogens with two attached hydrogens (primary N) is 1. The zero-order valence-electron chi connectivity index (χ0n) is 8.52. The third kappa shape index (κ3) is 2.70. The number of benzene rings is 1. The van der Waals surface area contributed by atoms with Crippen molar-refractivity contribution in [3.63, 3.8) is 0 Å². The van der Waals surface area contributed by atoms with E-state index in [4.69, 9.17) is 21.7 Å². The molecule has 4 heteroatoms. The summed E-state index contributed by atoms with van der Waals surface area (Å²) < 4.78 is 4.86. The van der Waals surface area contributed by atoms with Crippen LogP contribution in [-0.2, 0) is 4.74 Å². The van der Waals surface area contributed by atoms with Crippen molar-refractivity contribution in [2.24, 2.45) is 0 Å². The molecule has 0 spiro atoms. The predicted octanol–water partition coefficient (Wildman–Crippen LogP) is 0.237. The molecule has 82 valence electrons. The highest BCUT2D eigenvalue weighted by atomic mass is 35.5. The normalized spacial score (nSPS) is 16.5. The summed E-state index contributed by atoms with van der Waals surface area (Å²) in [4.78, 5) is 0. The first-order valence-corrected chi connectivity index (χ1v) is 5.18. The molecule has 0 aliphatic heterocycles. The highest BCUT2D eigenvalue weighted by Crippen LogP contribution is 2.32. The molecule has 1 rings (SSSR count). The lowest BCUT2D eigenvalue weighted by molar-refractivity contribution is -0.545. The Labute approximate surface area is 94.2 Å². The van der Waals surface area contributed by atoms with Crippen molar-refractivity contribution in [2.75, 3.05) is 0 Å². The van der Waals surface area contributed by atoms with Crippen LogP contribution < -0.4 is 10.5 Å². The maximum Gasteiger partial charge on any atom is 0.319 e. The second kappa shape index (κ2) is 5.14. The molecule has 1 aromatic carbocycles. The lowest BCUT2D eigenvalue weighted by Crippen LogP contribution is -2.52. The van der Waals surface area contributed by atoms with Gasteiger partial charge in [-0.25, -0.2) is 5.41 Å². The first-order chi connectivity index (χ1) is 7.14. The van der Waals surface area contributed by atoms with Crippen LogP contribution in [0.25, 0.3) is 0 Å². The number of halogens is 1.